The standard InChI is InChI=1S/C9H8Br2F2O/c1-14-5-2-3-6(7(10)4-5)8(11)9(12)13/h2-4,8-9H,1H3. The number of hydrogen-bond donors (Lipinski definition) is 0. The molecule has 0 radical (unpaired) electrons. The van der Waals surface area contributed by atoms with Gasteiger partial charge in [-0.3, -0.25) is 0 Å². The zero-order chi connectivity index (χ0) is 10.7. The van der Waals surface area contributed by atoms with Crippen molar-refractivity contribution in [1.29, 1.82) is 0 Å². The average Bonchev–Trinajstić information content (AvgIpc) is 2.16. The molecule has 0 N–H and O–H groups in total. The van der Waals surface area contributed by atoms with Crippen LogP contribution in [0.4, 0.5) is 8.78 Å². The fraction of sp³-hybridized carbons (Fsp3) is 0.333. The second-order valence-electron chi connectivity index (χ2n) is 2.62. The maximum Gasteiger partial charge on any atom is 0.255 e. The topological polar surface area (TPSA) is 9.23 Å². The molecule has 0 heterocycles. The molecule has 0 fully saturated rings. The molecule has 0 aliphatic carbocycles. The lowest BCUT2D eigenvalue weighted by molar-refractivity contribution is 0.147. The quantitative estimate of drug-likeness (QED) is 0.757. The van der Waals surface area contributed by atoms with Crippen LogP contribution in [-0.4, -0.2) is 13.5 Å². The number of methoxy groups -OCH3 is 1. The molecule has 0 aliphatic heterocycles. The summed E-state index contributed by atoms with van der Waals surface area (Å²) in [6.45, 7) is 0. The number of alkyl halides is 3. The van der Waals surface area contributed by atoms with Crippen LogP contribution in [0.5, 0.6) is 5.75 Å². The van der Waals surface area contributed by atoms with E-state index in [1.54, 1.807) is 18.2 Å². The van der Waals surface area contributed by atoms with Gasteiger partial charge in [0.05, 0.1) is 7.11 Å². The zero-order valence-corrected chi connectivity index (χ0v) is 10.5. The van der Waals surface area contributed by atoms with Crippen LogP contribution in [0.25, 0.3) is 0 Å². The highest BCUT2D eigenvalue weighted by atomic mass is 79.9. The van der Waals surface area contributed by atoms with Gasteiger partial charge in [0.15, 0.2) is 0 Å². The first kappa shape index (κ1) is 11.9. The minimum atomic E-state index is -2.43. The third-order valence-corrected chi connectivity index (χ3v) is 3.31. The predicted octanol–water partition coefficient (Wildman–Crippen LogP) is 4.16. The Bertz CT molecular complexity index is 318. The second-order valence-corrected chi connectivity index (χ2v) is 4.46. The third kappa shape index (κ3) is 2.67. The normalized spacial score (nSPS) is 13.0. The Hall–Kier alpha value is -0.160. The Balaban J connectivity index is 2.99. The Morgan fingerprint density at radius 1 is 1.36 bits per heavy atom. The molecule has 1 aromatic carbocycles. The van der Waals surface area contributed by atoms with E-state index in [-0.39, 0.29) is 0 Å². The highest BCUT2D eigenvalue weighted by Crippen LogP contribution is 2.36. The summed E-state index contributed by atoms with van der Waals surface area (Å²) >= 11 is 6.14. The molecule has 14 heavy (non-hydrogen) atoms. The molecule has 1 rings (SSSR count). The van der Waals surface area contributed by atoms with Crippen LogP contribution in [0.3, 0.4) is 0 Å². The summed E-state index contributed by atoms with van der Waals surface area (Å²) in [5.74, 6) is 0.634. The maximum atomic E-state index is 12.4. The van der Waals surface area contributed by atoms with Crippen molar-refractivity contribution in [2.75, 3.05) is 7.11 Å². The van der Waals surface area contributed by atoms with Gasteiger partial charge in [-0.25, -0.2) is 8.78 Å². The molecule has 0 aliphatic rings. The zero-order valence-electron chi connectivity index (χ0n) is 7.31. The molecule has 0 saturated heterocycles. The number of ether oxygens (including phenoxy) is 1. The fourth-order valence-corrected chi connectivity index (χ4v) is 2.31. The summed E-state index contributed by atoms with van der Waals surface area (Å²) in [7, 11) is 1.53. The van der Waals surface area contributed by atoms with Crippen molar-refractivity contribution < 1.29 is 13.5 Å². The van der Waals surface area contributed by atoms with Crippen molar-refractivity contribution in [1.82, 2.24) is 0 Å². The number of halogens is 4. The largest absolute Gasteiger partial charge is 0.497 e. The first-order valence-electron chi connectivity index (χ1n) is 3.82. The molecule has 0 spiro atoms. The summed E-state index contributed by atoms with van der Waals surface area (Å²) in [4.78, 5) is -0.956. The first-order valence-corrected chi connectivity index (χ1v) is 5.52. The Morgan fingerprint density at radius 2 is 2.00 bits per heavy atom. The van der Waals surface area contributed by atoms with E-state index in [1.807, 2.05) is 0 Å². The van der Waals surface area contributed by atoms with Gasteiger partial charge in [-0.2, -0.15) is 0 Å². The third-order valence-electron chi connectivity index (χ3n) is 1.73. The van der Waals surface area contributed by atoms with Crippen molar-refractivity contribution in [2.45, 2.75) is 11.3 Å². The molecule has 5 heteroatoms. The average molecular weight is 330 g/mol. The lowest BCUT2D eigenvalue weighted by Gasteiger charge is -2.11. The molecular formula is C9H8Br2F2O. The summed E-state index contributed by atoms with van der Waals surface area (Å²) in [6.07, 6.45) is -2.43. The van der Waals surface area contributed by atoms with E-state index in [1.165, 1.54) is 7.11 Å². The van der Waals surface area contributed by atoms with Gasteiger partial charge in [-0.15, -0.1) is 0 Å². The van der Waals surface area contributed by atoms with Crippen LogP contribution in [0.15, 0.2) is 22.7 Å². The number of benzene rings is 1. The Kier molecular flexibility index (Phi) is 4.31. The molecule has 78 valence electrons. The van der Waals surface area contributed by atoms with E-state index in [2.05, 4.69) is 31.9 Å². The molecular weight excluding hydrogens is 322 g/mol. The van der Waals surface area contributed by atoms with Crippen LogP contribution >= 0.6 is 31.9 Å². The molecule has 1 nitrogen and oxygen atoms in total. The van der Waals surface area contributed by atoms with Gasteiger partial charge in [-0.05, 0) is 17.7 Å². The van der Waals surface area contributed by atoms with E-state index >= 15 is 0 Å². The molecule has 1 unspecified atom stereocenters. The van der Waals surface area contributed by atoms with Gasteiger partial charge >= 0.3 is 0 Å². The molecule has 0 amide bonds. The molecule has 0 saturated carbocycles. The van der Waals surface area contributed by atoms with Gasteiger partial charge in [-0.1, -0.05) is 37.9 Å². The minimum Gasteiger partial charge on any atom is -0.497 e. The molecule has 1 aromatic rings. The summed E-state index contributed by atoms with van der Waals surface area (Å²) in [5.41, 5.74) is 0.515. The molecule has 1 atom stereocenters. The maximum absolute atomic E-state index is 12.4. The van der Waals surface area contributed by atoms with Crippen LogP contribution in [-0.2, 0) is 0 Å². The predicted molar refractivity (Wildman–Crippen MR) is 58.4 cm³/mol. The van der Waals surface area contributed by atoms with Crippen LogP contribution in [0.1, 0.15) is 10.4 Å². The highest BCUT2D eigenvalue weighted by molar-refractivity contribution is 9.11. The van der Waals surface area contributed by atoms with Crippen molar-refractivity contribution in [2.24, 2.45) is 0 Å². The Morgan fingerprint density at radius 3 is 2.43 bits per heavy atom. The lowest BCUT2D eigenvalue weighted by Crippen LogP contribution is -2.02. The van der Waals surface area contributed by atoms with Crippen molar-refractivity contribution in [3.8, 4) is 5.75 Å². The van der Waals surface area contributed by atoms with Crippen LogP contribution < -0.4 is 4.74 Å². The van der Waals surface area contributed by atoms with Gasteiger partial charge in [0.25, 0.3) is 6.43 Å². The fourth-order valence-electron chi connectivity index (χ4n) is 0.994. The van der Waals surface area contributed by atoms with E-state index in [0.717, 1.165) is 0 Å². The Labute approximate surface area is 97.7 Å². The van der Waals surface area contributed by atoms with Gasteiger partial charge in [0.2, 0.25) is 0 Å². The van der Waals surface area contributed by atoms with E-state index in [0.29, 0.717) is 15.8 Å². The van der Waals surface area contributed by atoms with E-state index in [9.17, 15) is 8.78 Å². The van der Waals surface area contributed by atoms with Crippen molar-refractivity contribution in [3.63, 3.8) is 0 Å². The second kappa shape index (κ2) is 5.07. The number of rotatable bonds is 3. The van der Waals surface area contributed by atoms with E-state index in [4.69, 9.17) is 4.74 Å². The summed E-state index contributed by atoms with van der Waals surface area (Å²) in [5, 5.41) is 0. The van der Waals surface area contributed by atoms with Crippen LogP contribution in [0.2, 0.25) is 0 Å². The van der Waals surface area contributed by atoms with Gasteiger partial charge < -0.3 is 4.74 Å². The van der Waals surface area contributed by atoms with Gasteiger partial charge in [0.1, 0.15) is 10.6 Å². The highest BCUT2D eigenvalue weighted by Gasteiger charge is 2.21. The summed E-state index contributed by atoms with van der Waals surface area (Å²) < 4.78 is 30.3. The minimum absolute atomic E-state index is 0.515. The van der Waals surface area contributed by atoms with Crippen molar-refractivity contribution in [3.05, 3.63) is 28.2 Å². The first-order chi connectivity index (χ1) is 6.56. The number of hydrogen-bond acceptors (Lipinski definition) is 1. The van der Waals surface area contributed by atoms with Crippen molar-refractivity contribution >= 4 is 31.9 Å². The lowest BCUT2D eigenvalue weighted by atomic mass is 10.1. The SMILES string of the molecule is COc1ccc(C(Br)C(F)F)c(Br)c1. The molecule has 0 aromatic heterocycles. The van der Waals surface area contributed by atoms with E-state index < -0.39 is 11.3 Å². The smallest absolute Gasteiger partial charge is 0.255 e. The monoisotopic (exact) mass is 328 g/mol. The van der Waals surface area contributed by atoms with Gasteiger partial charge in [0, 0.05) is 4.47 Å². The summed E-state index contributed by atoms with van der Waals surface area (Å²) in [6, 6.07) is 4.91. The van der Waals surface area contributed by atoms with Crippen LogP contribution in [0, 0.1) is 0 Å². The molecule has 0 bridgehead atoms.